The average Bonchev–Trinajstić information content (AvgIpc) is 2.42. The van der Waals surface area contributed by atoms with Gasteiger partial charge in [0, 0.05) is 17.2 Å². The summed E-state index contributed by atoms with van der Waals surface area (Å²) < 4.78 is 5.25. The van der Waals surface area contributed by atoms with Gasteiger partial charge in [-0.1, -0.05) is 23.2 Å². The first-order chi connectivity index (χ1) is 9.06. The summed E-state index contributed by atoms with van der Waals surface area (Å²) >= 11 is 12.0. The Morgan fingerprint density at radius 1 is 1.11 bits per heavy atom. The van der Waals surface area contributed by atoms with Crippen molar-refractivity contribution in [3.05, 3.63) is 45.9 Å². The summed E-state index contributed by atoms with van der Waals surface area (Å²) in [4.78, 5) is 0. The first kappa shape index (κ1) is 13.5. The predicted molar refractivity (Wildman–Crippen MR) is 74.8 cm³/mol. The summed E-state index contributed by atoms with van der Waals surface area (Å²) in [6.45, 7) is 0. The second kappa shape index (κ2) is 5.40. The van der Waals surface area contributed by atoms with Crippen molar-refractivity contribution in [2.45, 2.75) is 0 Å². The van der Waals surface area contributed by atoms with Crippen molar-refractivity contribution in [1.82, 2.24) is 0 Å². The maximum Gasteiger partial charge on any atom is 0.135 e. The third-order valence-electron chi connectivity index (χ3n) is 2.66. The van der Waals surface area contributed by atoms with Crippen molar-refractivity contribution in [3.8, 4) is 28.7 Å². The number of methoxy groups -OCH3 is 1. The van der Waals surface area contributed by atoms with Gasteiger partial charge in [0.2, 0.25) is 0 Å². The maximum atomic E-state index is 9.50. The third-order valence-corrected chi connectivity index (χ3v) is 3.27. The minimum Gasteiger partial charge on any atom is -0.506 e. The van der Waals surface area contributed by atoms with Crippen LogP contribution in [0, 0.1) is 11.3 Å². The van der Waals surface area contributed by atoms with Crippen LogP contribution in [0.5, 0.6) is 11.5 Å². The number of rotatable bonds is 2. The molecule has 0 fully saturated rings. The molecule has 0 heterocycles. The summed E-state index contributed by atoms with van der Waals surface area (Å²) in [7, 11) is 1.53. The predicted octanol–water partition coefficient (Wildman–Crippen LogP) is 4.25. The number of aromatic hydroxyl groups is 1. The van der Waals surface area contributed by atoms with Crippen LogP contribution in [0.4, 0.5) is 0 Å². The fourth-order valence-corrected chi connectivity index (χ4v) is 2.15. The van der Waals surface area contributed by atoms with E-state index in [1.165, 1.54) is 19.2 Å². The van der Waals surface area contributed by atoms with Gasteiger partial charge >= 0.3 is 0 Å². The van der Waals surface area contributed by atoms with Crippen molar-refractivity contribution in [2.24, 2.45) is 0 Å². The molecule has 2 rings (SSSR count). The van der Waals surface area contributed by atoms with E-state index in [4.69, 9.17) is 33.2 Å². The summed E-state index contributed by atoms with van der Waals surface area (Å²) in [5.74, 6) is 0.480. The van der Waals surface area contributed by atoms with Gasteiger partial charge in [-0.3, -0.25) is 0 Å². The van der Waals surface area contributed by atoms with E-state index in [0.717, 1.165) is 0 Å². The monoisotopic (exact) mass is 293 g/mol. The summed E-state index contributed by atoms with van der Waals surface area (Å²) in [5, 5.41) is 19.0. The summed E-state index contributed by atoms with van der Waals surface area (Å²) in [5.41, 5.74) is 1.72. The molecule has 2 aromatic carbocycles. The lowest BCUT2D eigenvalue weighted by Gasteiger charge is -2.11. The smallest absolute Gasteiger partial charge is 0.135 e. The molecule has 3 nitrogen and oxygen atoms in total. The maximum absolute atomic E-state index is 9.50. The molecule has 0 saturated heterocycles. The molecule has 2 aromatic rings. The largest absolute Gasteiger partial charge is 0.506 e. The first-order valence-corrected chi connectivity index (χ1v) is 6.09. The van der Waals surface area contributed by atoms with Crippen molar-refractivity contribution >= 4 is 23.2 Å². The van der Waals surface area contributed by atoms with Gasteiger partial charge in [0.1, 0.15) is 11.5 Å². The van der Waals surface area contributed by atoms with E-state index in [9.17, 15) is 5.11 Å². The molecule has 0 unspecified atom stereocenters. The fraction of sp³-hybridized carbons (Fsp3) is 0.0714. The van der Waals surface area contributed by atoms with Gasteiger partial charge in [0.05, 0.1) is 28.8 Å². The highest BCUT2D eigenvalue weighted by molar-refractivity contribution is 6.36. The van der Waals surface area contributed by atoms with Crippen molar-refractivity contribution in [2.75, 3.05) is 7.11 Å². The quantitative estimate of drug-likeness (QED) is 0.901. The highest BCUT2D eigenvalue weighted by atomic mass is 35.5. The SMILES string of the molecule is COc1ccc(C#N)cc1-c1cc(Cl)c(O)cc1Cl. The molecule has 0 bridgehead atoms. The topological polar surface area (TPSA) is 53.2 Å². The number of nitriles is 1. The molecule has 5 heteroatoms. The zero-order valence-corrected chi connectivity index (χ0v) is 11.5. The zero-order valence-electron chi connectivity index (χ0n) is 9.95. The molecule has 0 spiro atoms. The second-order valence-corrected chi connectivity index (χ2v) is 4.62. The van der Waals surface area contributed by atoms with Crippen LogP contribution in [-0.2, 0) is 0 Å². The standard InChI is InChI=1S/C14H9Cl2NO2/c1-19-14-3-2-8(7-17)4-10(14)9-5-12(16)13(18)6-11(9)15/h2-6,18H,1H3. The molecule has 0 saturated carbocycles. The van der Waals surface area contributed by atoms with Crippen molar-refractivity contribution in [3.63, 3.8) is 0 Å². The van der Waals surface area contributed by atoms with Crippen LogP contribution >= 0.6 is 23.2 Å². The highest BCUT2D eigenvalue weighted by Crippen LogP contribution is 2.40. The van der Waals surface area contributed by atoms with Crippen LogP contribution in [0.1, 0.15) is 5.56 Å². The molecule has 96 valence electrons. The van der Waals surface area contributed by atoms with Gasteiger partial charge in [-0.2, -0.15) is 5.26 Å². The van der Waals surface area contributed by atoms with E-state index in [0.29, 0.717) is 27.5 Å². The first-order valence-electron chi connectivity index (χ1n) is 5.33. The number of hydrogen-bond donors (Lipinski definition) is 1. The van der Waals surface area contributed by atoms with Crippen LogP contribution in [0.3, 0.4) is 0 Å². The summed E-state index contributed by atoms with van der Waals surface area (Å²) in [6.07, 6.45) is 0. The van der Waals surface area contributed by atoms with Gasteiger partial charge in [0.15, 0.2) is 0 Å². The average molecular weight is 294 g/mol. The van der Waals surface area contributed by atoms with Crippen LogP contribution < -0.4 is 4.74 Å². The van der Waals surface area contributed by atoms with Crippen LogP contribution in [0.25, 0.3) is 11.1 Å². The lowest BCUT2D eigenvalue weighted by Crippen LogP contribution is -1.90. The summed E-state index contributed by atoms with van der Waals surface area (Å²) in [6, 6.07) is 9.95. The molecule has 19 heavy (non-hydrogen) atoms. The van der Waals surface area contributed by atoms with Crippen molar-refractivity contribution in [1.29, 1.82) is 5.26 Å². The Kier molecular flexibility index (Phi) is 3.84. The molecule has 1 N–H and O–H groups in total. The van der Waals surface area contributed by atoms with Crippen molar-refractivity contribution < 1.29 is 9.84 Å². The van der Waals surface area contributed by atoms with Gasteiger partial charge in [-0.05, 0) is 24.3 Å². The van der Waals surface area contributed by atoms with Gasteiger partial charge in [-0.15, -0.1) is 0 Å². The van der Waals surface area contributed by atoms with E-state index < -0.39 is 0 Å². The Balaban J connectivity index is 2.70. The molecule has 0 amide bonds. The fourth-order valence-electron chi connectivity index (χ4n) is 1.73. The normalized spacial score (nSPS) is 10.0. The highest BCUT2D eigenvalue weighted by Gasteiger charge is 2.13. The van der Waals surface area contributed by atoms with Gasteiger partial charge in [-0.25, -0.2) is 0 Å². The Bertz CT molecular complexity index is 678. The van der Waals surface area contributed by atoms with E-state index >= 15 is 0 Å². The third kappa shape index (κ3) is 2.60. The van der Waals surface area contributed by atoms with E-state index in [1.54, 1.807) is 18.2 Å². The molecule has 0 aliphatic carbocycles. The van der Waals surface area contributed by atoms with E-state index in [2.05, 4.69) is 6.07 Å². The number of phenols is 1. The lowest BCUT2D eigenvalue weighted by atomic mass is 10.0. The molecule has 0 aliphatic rings. The van der Waals surface area contributed by atoms with E-state index in [1.807, 2.05) is 0 Å². The molecular weight excluding hydrogens is 285 g/mol. The zero-order chi connectivity index (χ0) is 14.0. The molecule has 0 aromatic heterocycles. The molecule has 0 radical (unpaired) electrons. The molecule has 0 atom stereocenters. The lowest BCUT2D eigenvalue weighted by molar-refractivity contribution is 0.416. The van der Waals surface area contributed by atoms with Gasteiger partial charge in [0.25, 0.3) is 0 Å². The number of benzene rings is 2. The Hall–Kier alpha value is -1.89. The van der Waals surface area contributed by atoms with Crippen LogP contribution in [-0.4, -0.2) is 12.2 Å². The van der Waals surface area contributed by atoms with Crippen LogP contribution in [0.2, 0.25) is 10.0 Å². The minimum atomic E-state index is -0.0918. The Morgan fingerprint density at radius 2 is 1.84 bits per heavy atom. The second-order valence-electron chi connectivity index (χ2n) is 3.81. The Morgan fingerprint density at radius 3 is 2.47 bits per heavy atom. The Labute approximate surface area is 120 Å². The number of phenolic OH excluding ortho intramolecular Hbond substituents is 1. The van der Waals surface area contributed by atoms with Crippen LogP contribution in [0.15, 0.2) is 30.3 Å². The number of halogens is 2. The molecule has 0 aliphatic heterocycles. The minimum absolute atomic E-state index is 0.0918. The molecular formula is C14H9Cl2NO2. The van der Waals surface area contributed by atoms with Gasteiger partial charge < -0.3 is 9.84 Å². The van der Waals surface area contributed by atoms with E-state index in [-0.39, 0.29) is 10.8 Å². The number of nitrogens with zero attached hydrogens (tertiary/aromatic N) is 1. The number of ether oxygens (including phenoxy) is 1. The number of hydrogen-bond acceptors (Lipinski definition) is 3.